The second kappa shape index (κ2) is 7.91. The van der Waals surface area contributed by atoms with E-state index in [0.717, 1.165) is 6.16 Å². The summed E-state index contributed by atoms with van der Waals surface area (Å²) in [7, 11) is -2.19. The molecule has 0 atom stereocenters. The van der Waals surface area contributed by atoms with Gasteiger partial charge in [-0.25, -0.2) is 0 Å². The van der Waals surface area contributed by atoms with Gasteiger partial charge in [0.05, 0.1) is 0 Å². The summed E-state index contributed by atoms with van der Waals surface area (Å²) in [6.45, 7) is 2.18. The average molecular weight is 368 g/mol. The SMILES string of the molecule is Cc1cccc(C[PH](c2ccccc2)(c2ccccc2)c2ccccc2)c1. The van der Waals surface area contributed by atoms with Crippen molar-refractivity contribution in [3.8, 4) is 0 Å². The molecule has 0 unspecified atom stereocenters. The van der Waals surface area contributed by atoms with Crippen LogP contribution in [0.15, 0.2) is 115 Å². The van der Waals surface area contributed by atoms with Gasteiger partial charge in [-0.3, -0.25) is 0 Å². The Morgan fingerprint density at radius 2 is 0.963 bits per heavy atom. The minimum atomic E-state index is -2.19. The van der Waals surface area contributed by atoms with Crippen LogP contribution in [0.1, 0.15) is 11.1 Å². The fourth-order valence-electron chi connectivity index (χ4n) is 4.10. The van der Waals surface area contributed by atoms with Gasteiger partial charge in [0.2, 0.25) is 0 Å². The molecule has 0 saturated carbocycles. The molecule has 4 aromatic carbocycles. The Hall–Kier alpha value is -2.69. The van der Waals surface area contributed by atoms with E-state index in [1.165, 1.54) is 27.0 Å². The van der Waals surface area contributed by atoms with E-state index in [0.29, 0.717) is 0 Å². The zero-order chi connectivity index (χ0) is 18.5. The Bertz CT molecular complexity index is 895. The monoisotopic (exact) mass is 368 g/mol. The Morgan fingerprint density at radius 1 is 0.519 bits per heavy atom. The molecule has 0 radical (unpaired) electrons. The van der Waals surface area contributed by atoms with Gasteiger partial charge in [0.15, 0.2) is 0 Å². The van der Waals surface area contributed by atoms with Crippen molar-refractivity contribution in [2.75, 3.05) is 0 Å². The molecule has 0 N–H and O–H groups in total. The van der Waals surface area contributed by atoms with Gasteiger partial charge in [0, 0.05) is 0 Å². The Labute approximate surface area is 162 Å². The molecular weight excluding hydrogens is 343 g/mol. The number of hydrogen-bond acceptors (Lipinski definition) is 0. The van der Waals surface area contributed by atoms with Crippen molar-refractivity contribution in [1.82, 2.24) is 0 Å². The third-order valence-electron chi connectivity index (χ3n) is 5.35. The fraction of sp³-hybridized carbons (Fsp3) is 0.0769. The van der Waals surface area contributed by atoms with Crippen LogP contribution < -0.4 is 15.9 Å². The summed E-state index contributed by atoms with van der Waals surface area (Å²) in [6, 6.07) is 42.3. The van der Waals surface area contributed by atoms with E-state index >= 15 is 0 Å². The molecule has 1 heteroatoms. The molecule has 0 heterocycles. The third kappa shape index (κ3) is 3.59. The summed E-state index contributed by atoms with van der Waals surface area (Å²) < 4.78 is 0. The van der Waals surface area contributed by atoms with Gasteiger partial charge in [-0.15, -0.1) is 0 Å². The van der Waals surface area contributed by atoms with Gasteiger partial charge in [-0.2, -0.15) is 0 Å². The second-order valence-electron chi connectivity index (χ2n) is 7.17. The molecule has 0 saturated heterocycles. The molecule has 134 valence electrons. The standard InChI is InChI=1S/C26H25P/c1-22-12-11-13-23(20-22)21-27(24-14-5-2-6-15-24,25-16-7-3-8-17-25)26-18-9-4-10-19-26/h2-20,27H,21H2,1H3. The Balaban J connectivity index is 2.00. The first-order valence-electron chi connectivity index (χ1n) is 9.51. The topological polar surface area (TPSA) is 0 Å². The molecule has 0 aliphatic rings. The molecule has 0 aliphatic carbocycles. The summed E-state index contributed by atoms with van der Waals surface area (Å²) in [6.07, 6.45) is 1.06. The summed E-state index contributed by atoms with van der Waals surface area (Å²) in [5.74, 6) is 0. The number of aryl methyl sites for hydroxylation is 1. The Kier molecular flexibility index (Phi) is 5.19. The first-order chi connectivity index (χ1) is 13.3. The summed E-state index contributed by atoms with van der Waals surface area (Å²) in [4.78, 5) is 0. The number of benzene rings is 4. The van der Waals surface area contributed by atoms with Crippen LogP contribution in [0.2, 0.25) is 0 Å². The van der Waals surface area contributed by atoms with E-state index < -0.39 is 7.26 Å². The molecule has 4 rings (SSSR count). The summed E-state index contributed by atoms with van der Waals surface area (Å²) >= 11 is 0. The third-order valence-corrected chi connectivity index (χ3v) is 10.2. The van der Waals surface area contributed by atoms with Crippen LogP contribution in [0.25, 0.3) is 0 Å². The van der Waals surface area contributed by atoms with Crippen molar-refractivity contribution in [2.45, 2.75) is 13.1 Å². The van der Waals surface area contributed by atoms with Crippen molar-refractivity contribution in [2.24, 2.45) is 0 Å². The summed E-state index contributed by atoms with van der Waals surface area (Å²) in [5.41, 5.74) is 2.74. The fourth-order valence-corrected chi connectivity index (χ4v) is 8.83. The molecule has 27 heavy (non-hydrogen) atoms. The van der Waals surface area contributed by atoms with E-state index in [2.05, 4.69) is 122 Å². The first kappa shape index (κ1) is 17.7. The van der Waals surface area contributed by atoms with Gasteiger partial charge in [0.1, 0.15) is 0 Å². The quantitative estimate of drug-likeness (QED) is 0.424. The van der Waals surface area contributed by atoms with E-state index in [4.69, 9.17) is 0 Å². The van der Waals surface area contributed by atoms with E-state index in [1.54, 1.807) is 0 Å². The predicted octanol–water partition coefficient (Wildman–Crippen LogP) is 5.22. The van der Waals surface area contributed by atoms with Crippen LogP contribution in [0.5, 0.6) is 0 Å². The predicted molar refractivity (Wildman–Crippen MR) is 121 cm³/mol. The van der Waals surface area contributed by atoms with Crippen molar-refractivity contribution in [3.63, 3.8) is 0 Å². The zero-order valence-electron chi connectivity index (χ0n) is 15.7. The van der Waals surface area contributed by atoms with Crippen LogP contribution in [0.3, 0.4) is 0 Å². The molecule has 0 amide bonds. The van der Waals surface area contributed by atoms with Gasteiger partial charge in [-0.1, -0.05) is 0 Å². The van der Waals surface area contributed by atoms with Crippen LogP contribution in [-0.2, 0) is 6.16 Å². The molecule has 0 aromatic heterocycles. The van der Waals surface area contributed by atoms with Gasteiger partial charge >= 0.3 is 163 Å². The van der Waals surface area contributed by atoms with Crippen LogP contribution >= 0.6 is 7.26 Å². The van der Waals surface area contributed by atoms with Gasteiger partial charge < -0.3 is 0 Å². The number of hydrogen-bond donors (Lipinski definition) is 0. The van der Waals surface area contributed by atoms with Crippen molar-refractivity contribution in [3.05, 3.63) is 126 Å². The van der Waals surface area contributed by atoms with Crippen molar-refractivity contribution in [1.29, 1.82) is 0 Å². The molecule has 0 fully saturated rings. The van der Waals surface area contributed by atoms with Gasteiger partial charge in [-0.05, 0) is 0 Å². The van der Waals surface area contributed by atoms with Gasteiger partial charge in [0.25, 0.3) is 0 Å². The van der Waals surface area contributed by atoms with Crippen LogP contribution in [-0.4, -0.2) is 0 Å². The molecular formula is C26H25P. The first-order valence-corrected chi connectivity index (χ1v) is 11.7. The van der Waals surface area contributed by atoms with E-state index in [1.807, 2.05) is 0 Å². The maximum absolute atomic E-state index is 2.34. The van der Waals surface area contributed by atoms with E-state index in [9.17, 15) is 0 Å². The van der Waals surface area contributed by atoms with E-state index in [-0.39, 0.29) is 0 Å². The Morgan fingerprint density at radius 3 is 1.37 bits per heavy atom. The summed E-state index contributed by atoms with van der Waals surface area (Å²) in [5, 5.41) is 4.39. The minimum absolute atomic E-state index is 1.06. The molecule has 0 spiro atoms. The normalized spacial score (nSPS) is 11.9. The number of rotatable bonds is 5. The molecule has 0 aliphatic heterocycles. The van der Waals surface area contributed by atoms with Crippen molar-refractivity contribution < 1.29 is 0 Å². The second-order valence-corrected chi connectivity index (χ2v) is 11.1. The van der Waals surface area contributed by atoms with Crippen LogP contribution in [0, 0.1) is 6.92 Å². The average Bonchev–Trinajstić information content (AvgIpc) is 2.74. The molecule has 0 nitrogen and oxygen atoms in total. The maximum atomic E-state index is 2.34. The molecule has 0 bridgehead atoms. The van der Waals surface area contributed by atoms with Crippen molar-refractivity contribution >= 4 is 23.2 Å². The molecule has 4 aromatic rings. The van der Waals surface area contributed by atoms with Crippen LogP contribution in [0.4, 0.5) is 0 Å². The zero-order valence-corrected chi connectivity index (χ0v) is 16.7.